The number of fused-ring (bicyclic) bond motifs is 1. The summed E-state index contributed by atoms with van der Waals surface area (Å²) in [7, 11) is -2.58. The van der Waals surface area contributed by atoms with Gasteiger partial charge in [0.05, 0.1) is 24.1 Å². The Kier molecular flexibility index (Phi) is 8.38. The zero-order valence-corrected chi connectivity index (χ0v) is 22.1. The fourth-order valence-corrected chi connectivity index (χ4v) is 6.65. The van der Waals surface area contributed by atoms with Crippen molar-refractivity contribution in [2.24, 2.45) is 0 Å². The van der Waals surface area contributed by atoms with E-state index in [1.165, 1.54) is 50.4 Å². The second-order valence-electron chi connectivity index (χ2n) is 8.63. The average Bonchev–Trinajstić information content (AvgIpc) is 3.35. The summed E-state index contributed by atoms with van der Waals surface area (Å²) in [5, 5.41) is 4.57. The number of hydrogen-bond acceptors (Lipinski definition) is 6. The average molecular weight is 546 g/mol. The Labute approximate surface area is 219 Å². The molecule has 8 nitrogen and oxygen atoms in total. The molecule has 2 heterocycles. The van der Waals surface area contributed by atoms with Crippen LogP contribution in [-0.4, -0.2) is 62.8 Å². The maximum atomic E-state index is 13.7. The third-order valence-electron chi connectivity index (χ3n) is 6.14. The monoisotopic (exact) mass is 545 g/mol. The van der Waals surface area contributed by atoms with Gasteiger partial charge in [-0.25, -0.2) is 12.8 Å². The van der Waals surface area contributed by atoms with Crippen molar-refractivity contribution in [1.29, 1.82) is 0 Å². The molecule has 0 radical (unpaired) electrons. The predicted octanol–water partition coefficient (Wildman–Crippen LogP) is 3.66. The Morgan fingerprint density at radius 1 is 1.14 bits per heavy atom. The van der Waals surface area contributed by atoms with E-state index in [0.717, 1.165) is 20.3 Å². The molecule has 4 rings (SSSR count). The highest BCUT2D eigenvalue weighted by molar-refractivity contribution is 7.89. The molecule has 2 amide bonds. The van der Waals surface area contributed by atoms with Gasteiger partial charge < -0.3 is 15.0 Å². The summed E-state index contributed by atoms with van der Waals surface area (Å²) in [5.74, 6) is -1.00. The summed E-state index contributed by atoms with van der Waals surface area (Å²) in [6.07, 6.45) is 0.659. The zero-order valence-electron chi connectivity index (χ0n) is 20.5. The topological polar surface area (TPSA) is 96.0 Å². The molecule has 1 atom stereocenters. The van der Waals surface area contributed by atoms with E-state index < -0.39 is 16.1 Å². The number of nitrogens with zero attached hydrogens (tertiary/aromatic N) is 2. The minimum Gasteiger partial charge on any atom is -0.383 e. The lowest BCUT2D eigenvalue weighted by Gasteiger charge is -2.37. The number of halogens is 1. The highest BCUT2D eigenvalue weighted by atomic mass is 32.2. The molecule has 1 unspecified atom stereocenters. The highest BCUT2D eigenvalue weighted by Gasteiger charge is 2.35. The van der Waals surface area contributed by atoms with E-state index in [0.29, 0.717) is 18.7 Å². The van der Waals surface area contributed by atoms with Crippen molar-refractivity contribution in [3.63, 3.8) is 0 Å². The maximum absolute atomic E-state index is 13.7. The van der Waals surface area contributed by atoms with Crippen LogP contribution in [0.1, 0.15) is 29.0 Å². The largest absolute Gasteiger partial charge is 0.383 e. The lowest BCUT2D eigenvalue weighted by atomic mass is 9.93. The van der Waals surface area contributed by atoms with E-state index in [9.17, 15) is 22.4 Å². The van der Waals surface area contributed by atoms with E-state index in [-0.39, 0.29) is 42.2 Å². The number of carbonyl (C=O) groups is 2. The first-order chi connectivity index (χ1) is 17.7. The van der Waals surface area contributed by atoms with Gasteiger partial charge in [-0.1, -0.05) is 12.1 Å². The lowest BCUT2D eigenvalue weighted by Crippen LogP contribution is -2.47. The van der Waals surface area contributed by atoms with Crippen molar-refractivity contribution >= 4 is 38.9 Å². The maximum Gasteiger partial charge on any atom is 0.243 e. The quantitative estimate of drug-likeness (QED) is 0.443. The van der Waals surface area contributed by atoms with E-state index >= 15 is 0 Å². The first-order valence-corrected chi connectivity index (χ1v) is 14.0. The number of ether oxygens (including phenoxy) is 1. The van der Waals surface area contributed by atoms with E-state index in [1.807, 2.05) is 11.4 Å². The molecule has 37 heavy (non-hydrogen) atoms. The van der Waals surface area contributed by atoms with Crippen LogP contribution in [0.5, 0.6) is 0 Å². The van der Waals surface area contributed by atoms with Gasteiger partial charge in [-0.2, -0.15) is 4.31 Å². The minimum absolute atomic E-state index is 0.000598. The molecule has 196 valence electrons. The van der Waals surface area contributed by atoms with Crippen molar-refractivity contribution in [3.05, 3.63) is 81.8 Å². The van der Waals surface area contributed by atoms with Crippen molar-refractivity contribution in [2.45, 2.75) is 24.3 Å². The number of sulfonamides is 1. The van der Waals surface area contributed by atoms with Gasteiger partial charge in [0.15, 0.2) is 0 Å². The van der Waals surface area contributed by atoms with E-state index in [1.54, 1.807) is 28.4 Å². The smallest absolute Gasteiger partial charge is 0.243 e. The first-order valence-electron chi connectivity index (χ1n) is 11.7. The Morgan fingerprint density at radius 3 is 2.49 bits per heavy atom. The molecule has 0 spiro atoms. The number of methoxy groups -OCH3 is 1. The number of amides is 2. The van der Waals surface area contributed by atoms with Crippen LogP contribution in [0.25, 0.3) is 0 Å². The van der Waals surface area contributed by atoms with Crippen LogP contribution in [0.3, 0.4) is 0 Å². The fourth-order valence-electron chi connectivity index (χ4n) is 4.37. The minimum atomic E-state index is -4.04. The molecule has 1 N–H and O–H groups in total. The summed E-state index contributed by atoms with van der Waals surface area (Å²) in [5.41, 5.74) is 2.19. The Bertz CT molecular complexity index is 1360. The number of nitrogens with one attached hydrogen (secondary N) is 1. The molecule has 0 aliphatic carbocycles. The van der Waals surface area contributed by atoms with E-state index in [2.05, 4.69) is 5.32 Å². The molecule has 0 bridgehead atoms. The summed E-state index contributed by atoms with van der Waals surface area (Å²) in [6.45, 7) is 1.49. The van der Waals surface area contributed by atoms with Gasteiger partial charge in [-0.3, -0.25) is 9.59 Å². The van der Waals surface area contributed by atoms with Gasteiger partial charge in [-0.15, -0.1) is 11.3 Å². The van der Waals surface area contributed by atoms with Crippen LogP contribution in [0.15, 0.2) is 64.9 Å². The van der Waals surface area contributed by atoms with Gasteiger partial charge in [0.25, 0.3) is 0 Å². The molecule has 0 saturated heterocycles. The van der Waals surface area contributed by atoms with Gasteiger partial charge in [-0.05, 0) is 65.4 Å². The Balaban J connectivity index is 1.62. The lowest BCUT2D eigenvalue weighted by molar-refractivity contribution is -0.133. The molecule has 0 saturated carbocycles. The molecular formula is C26H28FN3O5S2. The zero-order chi connectivity index (χ0) is 26.6. The molecule has 11 heteroatoms. The normalized spacial score (nSPS) is 15.5. The van der Waals surface area contributed by atoms with Gasteiger partial charge in [0, 0.05) is 37.7 Å². The Morgan fingerprint density at radius 2 is 1.84 bits per heavy atom. The summed E-state index contributed by atoms with van der Waals surface area (Å²) >= 11 is 1.61. The van der Waals surface area contributed by atoms with Crippen LogP contribution in [-0.2, 0) is 30.8 Å². The summed E-state index contributed by atoms with van der Waals surface area (Å²) < 4.78 is 46.9. The van der Waals surface area contributed by atoms with Crippen molar-refractivity contribution in [2.75, 3.05) is 38.7 Å². The molecule has 1 aromatic heterocycles. The molecule has 3 aromatic rings. The molecule has 2 aromatic carbocycles. The number of rotatable bonds is 9. The second-order valence-corrected chi connectivity index (χ2v) is 11.6. The number of carbonyl (C=O) groups excluding carboxylic acids is 2. The van der Waals surface area contributed by atoms with E-state index in [4.69, 9.17) is 4.74 Å². The summed E-state index contributed by atoms with van der Waals surface area (Å²) in [6, 6.07) is 13.3. The fraction of sp³-hybridized carbons (Fsp3) is 0.308. The van der Waals surface area contributed by atoms with Crippen molar-refractivity contribution < 1.29 is 27.1 Å². The van der Waals surface area contributed by atoms with Crippen molar-refractivity contribution in [3.8, 4) is 0 Å². The second kappa shape index (κ2) is 11.5. The SMILES string of the molecule is COCCN(CC(=O)N1CCc2sccc2C1c1ccc(F)cc1)S(=O)(=O)c1ccc(NC(C)=O)cc1. The summed E-state index contributed by atoms with van der Waals surface area (Å²) in [4.78, 5) is 27.8. The standard InChI is InChI=1S/C26H28FN3O5S2/c1-18(31)28-21-7-9-22(10-8-21)37(33,34)29(14-15-35-2)17-25(32)30-13-11-24-23(12-16-36-24)26(30)19-3-5-20(27)6-4-19/h3-10,12,16,26H,11,13-15,17H2,1-2H3,(H,28,31). The van der Waals surface area contributed by atoms with Crippen LogP contribution in [0.4, 0.5) is 10.1 Å². The molecular weight excluding hydrogens is 517 g/mol. The van der Waals surface area contributed by atoms with Crippen LogP contribution in [0, 0.1) is 5.82 Å². The first kappa shape index (κ1) is 26.9. The third kappa shape index (κ3) is 6.07. The number of anilines is 1. The molecule has 1 aliphatic heterocycles. The van der Waals surface area contributed by atoms with Crippen LogP contribution >= 0.6 is 11.3 Å². The highest BCUT2D eigenvalue weighted by Crippen LogP contribution is 2.38. The van der Waals surface area contributed by atoms with Gasteiger partial charge >= 0.3 is 0 Å². The third-order valence-corrected chi connectivity index (χ3v) is 9.00. The predicted molar refractivity (Wildman–Crippen MR) is 139 cm³/mol. The Hall–Kier alpha value is -3.12. The number of thiophene rings is 1. The molecule has 1 aliphatic rings. The number of hydrogen-bond donors (Lipinski definition) is 1. The number of benzene rings is 2. The van der Waals surface area contributed by atoms with Crippen molar-refractivity contribution in [1.82, 2.24) is 9.21 Å². The van der Waals surface area contributed by atoms with Crippen LogP contribution < -0.4 is 5.32 Å². The van der Waals surface area contributed by atoms with Crippen LogP contribution in [0.2, 0.25) is 0 Å². The molecule has 0 fully saturated rings. The van der Waals surface area contributed by atoms with Gasteiger partial charge in [0.1, 0.15) is 5.82 Å². The van der Waals surface area contributed by atoms with Gasteiger partial charge in [0.2, 0.25) is 21.8 Å².